The van der Waals surface area contributed by atoms with Crippen molar-refractivity contribution in [2.45, 2.75) is 25.9 Å². The average Bonchev–Trinajstić information content (AvgIpc) is 2.91. The number of nitrogens with zero attached hydrogens (tertiary/aromatic N) is 2. The summed E-state index contributed by atoms with van der Waals surface area (Å²) >= 11 is 9.66. The summed E-state index contributed by atoms with van der Waals surface area (Å²) in [6, 6.07) is 1.88. The maximum Gasteiger partial charge on any atom is 0.174 e. The van der Waals surface area contributed by atoms with Gasteiger partial charge in [0.1, 0.15) is 0 Å². The zero-order chi connectivity index (χ0) is 13.1. The molecule has 2 rings (SSSR count). The number of nitrogens with one attached hydrogen (secondary N) is 1. The van der Waals surface area contributed by atoms with E-state index >= 15 is 0 Å². The molecule has 1 unspecified atom stereocenters. The highest BCUT2D eigenvalue weighted by Gasteiger charge is 2.23. The van der Waals surface area contributed by atoms with Crippen molar-refractivity contribution in [2.24, 2.45) is 0 Å². The minimum absolute atomic E-state index is 0.0420. The number of aryl methyl sites for hydroxylation is 1. The van der Waals surface area contributed by atoms with Gasteiger partial charge in [-0.3, -0.25) is 4.68 Å². The molecule has 1 atom stereocenters. The van der Waals surface area contributed by atoms with Crippen molar-refractivity contribution in [2.75, 3.05) is 7.05 Å². The van der Waals surface area contributed by atoms with Gasteiger partial charge >= 0.3 is 0 Å². The van der Waals surface area contributed by atoms with Crippen LogP contribution in [0.25, 0.3) is 0 Å². The van der Waals surface area contributed by atoms with Crippen molar-refractivity contribution in [3.63, 3.8) is 0 Å². The molecule has 6 heteroatoms. The average molecular weight is 333 g/mol. The molecule has 0 fully saturated rings. The highest BCUT2D eigenvalue weighted by Crippen LogP contribution is 2.32. The molecule has 0 saturated heterocycles. The molecule has 0 amide bonds. The van der Waals surface area contributed by atoms with Crippen LogP contribution in [0.3, 0.4) is 0 Å². The molecule has 18 heavy (non-hydrogen) atoms. The Morgan fingerprint density at radius 2 is 2.39 bits per heavy atom. The number of hydrogen-bond acceptors (Lipinski definition) is 3. The van der Waals surface area contributed by atoms with Crippen LogP contribution < -0.4 is 5.32 Å². The number of aromatic nitrogens is 2. The Morgan fingerprint density at radius 3 is 2.94 bits per heavy atom. The molecule has 0 spiro atoms. The fraction of sp³-hybridized carbons (Fsp3) is 0.417. The van der Waals surface area contributed by atoms with Crippen molar-refractivity contribution < 1.29 is 4.42 Å². The third-order valence-electron chi connectivity index (χ3n) is 2.79. The molecular weight excluding hydrogens is 318 g/mol. The third-order valence-corrected chi connectivity index (χ3v) is 3.72. The van der Waals surface area contributed by atoms with E-state index in [1.807, 2.05) is 17.8 Å². The molecule has 0 bridgehead atoms. The van der Waals surface area contributed by atoms with E-state index in [2.05, 4.69) is 33.3 Å². The second kappa shape index (κ2) is 5.91. The van der Waals surface area contributed by atoms with Crippen molar-refractivity contribution in [3.8, 4) is 0 Å². The molecule has 1 N–H and O–H groups in total. The molecule has 0 aliphatic carbocycles. The van der Waals surface area contributed by atoms with E-state index in [-0.39, 0.29) is 6.04 Å². The first-order valence-electron chi connectivity index (χ1n) is 5.80. The molecule has 0 radical (unpaired) electrons. The van der Waals surface area contributed by atoms with E-state index in [1.165, 1.54) is 0 Å². The third kappa shape index (κ3) is 2.48. The Kier molecular flexibility index (Phi) is 4.48. The quantitative estimate of drug-likeness (QED) is 0.909. The predicted molar refractivity (Wildman–Crippen MR) is 74.8 cm³/mol. The van der Waals surface area contributed by atoms with Gasteiger partial charge in [-0.2, -0.15) is 5.10 Å². The van der Waals surface area contributed by atoms with Crippen LogP contribution in [0.15, 0.2) is 27.6 Å². The Balaban J connectivity index is 2.45. The number of rotatable bonds is 5. The normalized spacial score (nSPS) is 12.9. The number of halogens is 2. The van der Waals surface area contributed by atoms with Gasteiger partial charge in [-0.1, -0.05) is 18.5 Å². The summed E-state index contributed by atoms with van der Waals surface area (Å²) in [4.78, 5) is 0. The van der Waals surface area contributed by atoms with Crippen LogP contribution in [-0.2, 0) is 6.54 Å². The molecule has 0 aliphatic heterocycles. The smallest absolute Gasteiger partial charge is 0.174 e. The largest absolute Gasteiger partial charge is 0.457 e. The molecular formula is C12H15BrClN3O. The summed E-state index contributed by atoms with van der Waals surface area (Å²) in [5.41, 5.74) is 1.97. The summed E-state index contributed by atoms with van der Waals surface area (Å²) < 4.78 is 7.93. The Morgan fingerprint density at radius 1 is 1.61 bits per heavy atom. The second-order valence-electron chi connectivity index (χ2n) is 3.97. The molecule has 4 nitrogen and oxygen atoms in total. The molecule has 0 aromatic carbocycles. The predicted octanol–water partition coefficient (Wildman–Crippen LogP) is 3.61. The summed E-state index contributed by atoms with van der Waals surface area (Å²) in [6.45, 7) is 2.96. The molecule has 2 heterocycles. The van der Waals surface area contributed by atoms with Crippen LogP contribution in [0.5, 0.6) is 0 Å². The fourth-order valence-electron chi connectivity index (χ4n) is 2.00. The Labute approximate surface area is 119 Å². The summed E-state index contributed by atoms with van der Waals surface area (Å²) in [6.07, 6.45) is 4.34. The first kappa shape index (κ1) is 13.6. The van der Waals surface area contributed by atoms with E-state index in [1.54, 1.807) is 12.5 Å². The fourth-order valence-corrected chi connectivity index (χ4v) is 2.72. The van der Waals surface area contributed by atoms with Crippen LogP contribution in [0.4, 0.5) is 0 Å². The van der Waals surface area contributed by atoms with Crippen molar-refractivity contribution in [1.82, 2.24) is 15.1 Å². The van der Waals surface area contributed by atoms with Gasteiger partial charge in [0.05, 0.1) is 29.2 Å². The zero-order valence-corrected chi connectivity index (χ0v) is 12.6. The monoisotopic (exact) mass is 331 g/mol. The first-order chi connectivity index (χ1) is 8.69. The number of furan rings is 1. The van der Waals surface area contributed by atoms with E-state index in [0.717, 1.165) is 24.2 Å². The minimum atomic E-state index is -0.0420. The maximum absolute atomic E-state index is 6.25. The van der Waals surface area contributed by atoms with Crippen molar-refractivity contribution in [3.05, 3.63) is 39.5 Å². The van der Waals surface area contributed by atoms with Crippen LogP contribution >= 0.6 is 27.5 Å². The lowest BCUT2D eigenvalue weighted by atomic mass is 10.1. The SMILES string of the molecule is CCCn1ncc(Cl)c1C(NC)c1ccoc1Br. The molecule has 98 valence electrons. The van der Waals surface area contributed by atoms with Crippen LogP contribution in [0.2, 0.25) is 5.02 Å². The molecule has 0 aliphatic rings. The number of hydrogen-bond donors (Lipinski definition) is 1. The van der Waals surface area contributed by atoms with Crippen LogP contribution in [0, 0.1) is 0 Å². The van der Waals surface area contributed by atoms with Crippen molar-refractivity contribution in [1.29, 1.82) is 0 Å². The minimum Gasteiger partial charge on any atom is -0.457 e. The Bertz CT molecular complexity index is 523. The summed E-state index contributed by atoms with van der Waals surface area (Å²) in [5, 5.41) is 8.23. The van der Waals surface area contributed by atoms with Gasteiger partial charge in [-0.15, -0.1) is 0 Å². The van der Waals surface area contributed by atoms with E-state index < -0.39 is 0 Å². The maximum atomic E-state index is 6.25. The lowest BCUT2D eigenvalue weighted by Crippen LogP contribution is -2.22. The van der Waals surface area contributed by atoms with E-state index in [9.17, 15) is 0 Å². The van der Waals surface area contributed by atoms with Gasteiger partial charge in [-0.05, 0) is 35.5 Å². The lowest BCUT2D eigenvalue weighted by molar-refractivity contribution is 0.512. The van der Waals surface area contributed by atoms with Crippen molar-refractivity contribution >= 4 is 27.5 Å². The Hall–Kier alpha value is -0.780. The van der Waals surface area contributed by atoms with Gasteiger partial charge in [0, 0.05) is 12.1 Å². The van der Waals surface area contributed by atoms with Gasteiger partial charge in [0.15, 0.2) is 4.67 Å². The highest BCUT2D eigenvalue weighted by molar-refractivity contribution is 9.10. The first-order valence-corrected chi connectivity index (χ1v) is 6.97. The van der Waals surface area contributed by atoms with E-state index in [0.29, 0.717) is 9.69 Å². The summed E-state index contributed by atoms with van der Waals surface area (Å²) in [7, 11) is 1.89. The zero-order valence-electron chi connectivity index (χ0n) is 10.3. The van der Waals surface area contributed by atoms with Gasteiger partial charge in [0.2, 0.25) is 0 Å². The molecule has 2 aromatic rings. The van der Waals surface area contributed by atoms with Crippen LogP contribution in [-0.4, -0.2) is 16.8 Å². The lowest BCUT2D eigenvalue weighted by Gasteiger charge is -2.17. The molecule has 0 saturated carbocycles. The molecule has 2 aromatic heterocycles. The highest BCUT2D eigenvalue weighted by atomic mass is 79.9. The van der Waals surface area contributed by atoms with Gasteiger partial charge in [-0.25, -0.2) is 0 Å². The standard InChI is InChI=1S/C12H15BrClN3O/c1-3-5-17-11(9(14)7-16-17)10(15-2)8-4-6-18-12(8)13/h4,6-7,10,15H,3,5H2,1-2H3. The van der Waals surface area contributed by atoms with Gasteiger partial charge in [0.25, 0.3) is 0 Å². The summed E-state index contributed by atoms with van der Waals surface area (Å²) in [5.74, 6) is 0. The van der Waals surface area contributed by atoms with Gasteiger partial charge < -0.3 is 9.73 Å². The van der Waals surface area contributed by atoms with E-state index in [4.69, 9.17) is 16.0 Å². The topological polar surface area (TPSA) is 43.0 Å². The van der Waals surface area contributed by atoms with Crippen LogP contribution in [0.1, 0.15) is 30.6 Å². The second-order valence-corrected chi connectivity index (χ2v) is 5.10.